The maximum absolute atomic E-state index is 14.9. The van der Waals surface area contributed by atoms with Crippen molar-refractivity contribution in [2.24, 2.45) is 5.92 Å². The number of pyridine rings is 1. The number of amides is 1. The number of halogens is 4. The molecule has 31 heavy (non-hydrogen) atoms. The van der Waals surface area contributed by atoms with Crippen LogP contribution in [0.5, 0.6) is 0 Å². The average Bonchev–Trinajstić information content (AvgIpc) is 3.51. The summed E-state index contributed by atoms with van der Waals surface area (Å²) in [6.07, 6.45) is -2.06. The van der Waals surface area contributed by atoms with E-state index in [-0.39, 0.29) is 42.2 Å². The summed E-state index contributed by atoms with van der Waals surface area (Å²) in [7, 11) is 0. The number of nitrogens with zero attached hydrogens (tertiary/aromatic N) is 2. The lowest BCUT2D eigenvalue weighted by Crippen LogP contribution is -2.59. The van der Waals surface area contributed by atoms with Crippen molar-refractivity contribution < 1.29 is 32.3 Å². The SMILES string of the molecule is C[C@@H]1[C@@H](CNC(=O)C(F)(F)F)CN1c1cc2c(cc1F)c(=O)c(C(=O)O)cn2C1CC1. The van der Waals surface area contributed by atoms with Gasteiger partial charge in [-0.15, -0.1) is 0 Å². The first-order valence-corrected chi connectivity index (χ1v) is 9.72. The van der Waals surface area contributed by atoms with Crippen molar-refractivity contribution >= 4 is 28.5 Å². The number of benzene rings is 1. The molecule has 4 rings (SSSR count). The van der Waals surface area contributed by atoms with Gasteiger partial charge in [-0.3, -0.25) is 9.59 Å². The van der Waals surface area contributed by atoms with Crippen molar-refractivity contribution in [1.82, 2.24) is 9.88 Å². The Morgan fingerprint density at radius 1 is 1.26 bits per heavy atom. The molecular formula is C20H19F4N3O4. The number of aromatic carboxylic acids is 1. The number of carboxylic acid groups (broad SMARTS) is 1. The van der Waals surface area contributed by atoms with Gasteiger partial charge in [-0.1, -0.05) is 0 Å². The summed E-state index contributed by atoms with van der Waals surface area (Å²) in [5, 5.41) is 11.1. The summed E-state index contributed by atoms with van der Waals surface area (Å²) in [5.74, 6) is -4.43. The molecule has 1 saturated heterocycles. The minimum atomic E-state index is -4.96. The van der Waals surface area contributed by atoms with Crippen molar-refractivity contribution in [3.05, 3.63) is 39.9 Å². The van der Waals surface area contributed by atoms with Gasteiger partial charge in [-0.25, -0.2) is 9.18 Å². The molecule has 1 amide bonds. The molecule has 166 valence electrons. The molecule has 2 fully saturated rings. The van der Waals surface area contributed by atoms with E-state index in [1.807, 2.05) is 5.32 Å². The van der Waals surface area contributed by atoms with E-state index in [0.717, 1.165) is 18.9 Å². The highest BCUT2D eigenvalue weighted by molar-refractivity contribution is 5.93. The van der Waals surface area contributed by atoms with Crippen molar-refractivity contribution in [3.8, 4) is 0 Å². The van der Waals surface area contributed by atoms with Crippen LogP contribution in [-0.2, 0) is 4.79 Å². The number of hydrogen-bond acceptors (Lipinski definition) is 4. The fourth-order valence-electron chi connectivity index (χ4n) is 3.95. The summed E-state index contributed by atoms with van der Waals surface area (Å²) < 4.78 is 53.6. The number of hydrogen-bond donors (Lipinski definition) is 2. The molecule has 2 aromatic rings. The lowest BCUT2D eigenvalue weighted by Gasteiger charge is -2.48. The van der Waals surface area contributed by atoms with E-state index in [0.29, 0.717) is 5.52 Å². The Morgan fingerprint density at radius 2 is 1.94 bits per heavy atom. The van der Waals surface area contributed by atoms with Gasteiger partial charge in [0.1, 0.15) is 11.4 Å². The molecule has 1 aromatic heterocycles. The van der Waals surface area contributed by atoms with E-state index >= 15 is 0 Å². The molecule has 0 spiro atoms. The van der Waals surface area contributed by atoms with Crippen molar-refractivity contribution in [2.75, 3.05) is 18.0 Å². The standard InChI is InChI=1S/C20H19F4N3O4/c1-9-10(6-25-19(31)20(22,23)24)7-26(9)16-5-15-12(4-14(16)21)17(28)13(18(29)30)8-27(15)11-2-3-11/h4-5,8-11H,2-3,6-7H2,1H3,(H,25,31)(H,29,30)/t9-,10+/m1/s1. The quantitative estimate of drug-likeness (QED) is 0.697. The summed E-state index contributed by atoms with van der Waals surface area (Å²) in [6, 6.07) is 2.18. The lowest BCUT2D eigenvalue weighted by molar-refractivity contribution is -0.173. The van der Waals surface area contributed by atoms with Crippen LogP contribution in [0.25, 0.3) is 10.9 Å². The van der Waals surface area contributed by atoms with Gasteiger partial charge in [0.2, 0.25) is 5.43 Å². The van der Waals surface area contributed by atoms with Gasteiger partial charge < -0.3 is 19.9 Å². The molecular weight excluding hydrogens is 422 g/mol. The van der Waals surface area contributed by atoms with E-state index in [1.54, 1.807) is 16.4 Å². The average molecular weight is 441 g/mol. The predicted molar refractivity (Wildman–Crippen MR) is 103 cm³/mol. The smallest absolute Gasteiger partial charge is 0.471 e. The van der Waals surface area contributed by atoms with Crippen LogP contribution < -0.4 is 15.6 Å². The van der Waals surface area contributed by atoms with Crippen LogP contribution >= 0.6 is 0 Å². The molecule has 2 N–H and O–H groups in total. The van der Waals surface area contributed by atoms with Crippen molar-refractivity contribution in [2.45, 2.75) is 38.0 Å². The monoisotopic (exact) mass is 441 g/mol. The first-order valence-electron chi connectivity index (χ1n) is 9.72. The second-order valence-electron chi connectivity index (χ2n) is 8.00. The molecule has 1 aliphatic heterocycles. The predicted octanol–water partition coefficient (Wildman–Crippen LogP) is 2.68. The maximum atomic E-state index is 14.9. The molecule has 11 heteroatoms. The highest BCUT2D eigenvalue weighted by Crippen LogP contribution is 2.39. The highest BCUT2D eigenvalue weighted by atomic mass is 19.4. The number of aromatic nitrogens is 1. The van der Waals surface area contributed by atoms with Crippen LogP contribution in [0.3, 0.4) is 0 Å². The number of nitrogens with one attached hydrogen (secondary N) is 1. The number of fused-ring (bicyclic) bond motifs is 1. The van der Waals surface area contributed by atoms with E-state index < -0.39 is 34.9 Å². The van der Waals surface area contributed by atoms with Gasteiger partial charge in [-0.05, 0) is 31.9 Å². The number of alkyl halides is 3. The first-order chi connectivity index (χ1) is 14.5. The van der Waals surface area contributed by atoms with Crippen LogP contribution in [0.2, 0.25) is 0 Å². The molecule has 1 saturated carbocycles. The number of anilines is 1. The topological polar surface area (TPSA) is 91.6 Å². The molecule has 2 aliphatic rings. The normalized spacial score (nSPS) is 21.1. The van der Waals surface area contributed by atoms with Gasteiger partial charge in [0.15, 0.2) is 0 Å². The van der Waals surface area contributed by atoms with Gasteiger partial charge in [0, 0.05) is 42.7 Å². The summed E-state index contributed by atoms with van der Waals surface area (Å²) >= 11 is 0. The molecule has 1 aromatic carbocycles. The number of carbonyl (C=O) groups is 2. The molecule has 0 bridgehead atoms. The zero-order valence-electron chi connectivity index (χ0n) is 16.4. The third-order valence-corrected chi connectivity index (χ3v) is 5.97. The van der Waals surface area contributed by atoms with Gasteiger partial charge >= 0.3 is 18.1 Å². The van der Waals surface area contributed by atoms with Gasteiger partial charge in [0.25, 0.3) is 0 Å². The molecule has 0 unspecified atom stereocenters. The Hall–Kier alpha value is -3.11. The minimum Gasteiger partial charge on any atom is -0.477 e. The Kier molecular flexibility index (Phi) is 4.94. The number of carboxylic acids is 1. The highest BCUT2D eigenvalue weighted by Gasteiger charge is 2.42. The Bertz CT molecular complexity index is 1140. The second-order valence-corrected chi connectivity index (χ2v) is 8.00. The summed E-state index contributed by atoms with van der Waals surface area (Å²) in [5.41, 5.74) is -0.608. The Labute approximate surface area is 173 Å². The molecule has 2 heterocycles. The Balaban J connectivity index is 1.62. The summed E-state index contributed by atoms with van der Waals surface area (Å²) in [4.78, 5) is 36.6. The largest absolute Gasteiger partial charge is 0.477 e. The fourth-order valence-corrected chi connectivity index (χ4v) is 3.95. The Morgan fingerprint density at radius 3 is 2.48 bits per heavy atom. The number of carbonyl (C=O) groups excluding carboxylic acids is 1. The maximum Gasteiger partial charge on any atom is 0.471 e. The third-order valence-electron chi connectivity index (χ3n) is 5.97. The molecule has 0 radical (unpaired) electrons. The number of rotatable bonds is 5. The third kappa shape index (κ3) is 3.72. The van der Waals surface area contributed by atoms with E-state index in [4.69, 9.17) is 0 Å². The van der Waals surface area contributed by atoms with Gasteiger partial charge in [-0.2, -0.15) is 13.2 Å². The van der Waals surface area contributed by atoms with Crippen molar-refractivity contribution in [1.29, 1.82) is 0 Å². The van der Waals surface area contributed by atoms with E-state index in [1.165, 1.54) is 12.3 Å². The van der Waals surface area contributed by atoms with Crippen LogP contribution in [0.1, 0.15) is 36.2 Å². The van der Waals surface area contributed by atoms with Crippen LogP contribution in [0.15, 0.2) is 23.1 Å². The molecule has 7 nitrogen and oxygen atoms in total. The second kappa shape index (κ2) is 7.24. The first kappa shape index (κ1) is 21.1. The van der Waals surface area contributed by atoms with Crippen molar-refractivity contribution in [3.63, 3.8) is 0 Å². The molecule has 1 aliphatic carbocycles. The summed E-state index contributed by atoms with van der Waals surface area (Å²) in [6.45, 7) is 1.74. The van der Waals surface area contributed by atoms with E-state index in [2.05, 4.69) is 0 Å². The van der Waals surface area contributed by atoms with Crippen LogP contribution in [-0.4, -0.2) is 46.9 Å². The fraction of sp³-hybridized carbons (Fsp3) is 0.450. The van der Waals surface area contributed by atoms with Crippen LogP contribution in [0, 0.1) is 11.7 Å². The lowest BCUT2D eigenvalue weighted by atomic mass is 9.88. The minimum absolute atomic E-state index is 0.0265. The van der Waals surface area contributed by atoms with E-state index in [9.17, 15) is 37.1 Å². The molecule has 2 atom stereocenters. The zero-order valence-corrected chi connectivity index (χ0v) is 16.4. The zero-order chi connectivity index (χ0) is 22.7. The van der Waals surface area contributed by atoms with Crippen LogP contribution in [0.4, 0.5) is 23.2 Å². The van der Waals surface area contributed by atoms with Gasteiger partial charge in [0.05, 0.1) is 11.2 Å².